The Hall–Kier alpha value is -3.30. The van der Waals surface area contributed by atoms with E-state index in [9.17, 15) is 13.2 Å². The third kappa shape index (κ3) is 9.19. The molecule has 1 fully saturated rings. The summed E-state index contributed by atoms with van der Waals surface area (Å²) in [5, 5.41) is 5.39. The predicted molar refractivity (Wildman–Crippen MR) is 194 cm³/mol. The van der Waals surface area contributed by atoms with Gasteiger partial charge in [0.2, 0.25) is 5.91 Å². The van der Waals surface area contributed by atoms with E-state index in [2.05, 4.69) is 81.5 Å². The maximum absolute atomic E-state index is 13.2. The standard InChI is InChI=1S/C39H51NO5SSi/c1-29(28-46(42,43)33-17-11-8-12-18-33)23-25-37-30(2)27-36(32(4)44-37)40-38(41)26-24-31(3)45-47(39(5,6)7,34-19-13-9-14-20-34)35-21-15-10-16-22-35/h8-24,26,30-32,36-37H,25,27-28H2,1-7H3,(H,40,41)/b26-24-,29-23+/t30-,31-,32+,36+,37-/m0/s1. The fourth-order valence-electron chi connectivity index (χ4n) is 6.56. The second-order valence-corrected chi connectivity index (χ2v) is 20.2. The average Bonchev–Trinajstić information content (AvgIpc) is 3.04. The van der Waals surface area contributed by atoms with Crippen molar-refractivity contribution in [1.29, 1.82) is 0 Å². The number of sulfone groups is 1. The molecule has 0 spiro atoms. The number of hydrogen-bond donors (Lipinski definition) is 1. The first-order valence-electron chi connectivity index (χ1n) is 16.6. The quantitative estimate of drug-likeness (QED) is 0.133. The molecule has 1 N–H and O–H groups in total. The summed E-state index contributed by atoms with van der Waals surface area (Å²) in [7, 11) is -6.13. The Morgan fingerprint density at radius 1 is 0.957 bits per heavy atom. The number of nitrogens with one attached hydrogen (secondary N) is 1. The van der Waals surface area contributed by atoms with E-state index in [1.54, 1.807) is 30.3 Å². The maximum Gasteiger partial charge on any atom is 0.261 e. The average molecular weight is 674 g/mol. The van der Waals surface area contributed by atoms with Crippen LogP contribution in [0.3, 0.4) is 0 Å². The molecular formula is C39H51NO5SSi. The van der Waals surface area contributed by atoms with Crippen molar-refractivity contribution in [2.75, 3.05) is 5.75 Å². The molecule has 0 saturated carbocycles. The molecule has 5 atom stereocenters. The van der Waals surface area contributed by atoms with Gasteiger partial charge >= 0.3 is 0 Å². The summed E-state index contributed by atoms with van der Waals surface area (Å²) in [5.41, 5.74) is 0.798. The summed E-state index contributed by atoms with van der Waals surface area (Å²) in [5.74, 6) is 0.000165. The molecular weight excluding hydrogens is 623 g/mol. The molecule has 1 aliphatic rings. The van der Waals surface area contributed by atoms with E-state index in [4.69, 9.17) is 9.16 Å². The fraction of sp³-hybridized carbons (Fsp3) is 0.410. The van der Waals surface area contributed by atoms with Crippen molar-refractivity contribution in [1.82, 2.24) is 5.32 Å². The zero-order chi connectivity index (χ0) is 34.2. The van der Waals surface area contributed by atoms with Crippen molar-refractivity contribution in [2.45, 2.75) is 95.6 Å². The number of carbonyl (C=O) groups is 1. The zero-order valence-corrected chi connectivity index (χ0v) is 30.7. The minimum atomic E-state index is -3.39. The van der Waals surface area contributed by atoms with Gasteiger partial charge in [0.15, 0.2) is 9.84 Å². The van der Waals surface area contributed by atoms with Crippen molar-refractivity contribution >= 4 is 34.4 Å². The van der Waals surface area contributed by atoms with E-state index in [0.717, 1.165) is 12.0 Å². The minimum Gasteiger partial charge on any atom is -0.401 e. The summed E-state index contributed by atoms with van der Waals surface area (Å²) in [6, 6.07) is 29.4. The van der Waals surface area contributed by atoms with Gasteiger partial charge in [0, 0.05) is 6.08 Å². The largest absolute Gasteiger partial charge is 0.401 e. The molecule has 3 aromatic rings. The molecule has 1 saturated heterocycles. The lowest BCUT2D eigenvalue weighted by atomic mass is 9.88. The molecule has 3 aromatic carbocycles. The number of hydrogen-bond acceptors (Lipinski definition) is 5. The number of ether oxygens (including phenoxy) is 1. The van der Waals surface area contributed by atoms with Gasteiger partial charge in [0.1, 0.15) is 0 Å². The van der Waals surface area contributed by atoms with Crippen LogP contribution in [0.5, 0.6) is 0 Å². The van der Waals surface area contributed by atoms with Crippen LogP contribution in [0.2, 0.25) is 5.04 Å². The van der Waals surface area contributed by atoms with E-state index in [0.29, 0.717) is 11.3 Å². The fourth-order valence-corrected chi connectivity index (χ4v) is 12.7. The highest BCUT2D eigenvalue weighted by atomic mass is 32.2. The highest BCUT2D eigenvalue weighted by Gasteiger charge is 2.50. The highest BCUT2D eigenvalue weighted by molar-refractivity contribution is 7.91. The summed E-state index contributed by atoms with van der Waals surface area (Å²) in [6.45, 7) is 14.7. The Bertz CT molecular complexity index is 1580. The number of amides is 1. The van der Waals surface area contributed by atoms with Gasteiger partial charge in [-0.1, -0.05) is 124 Å². The maximum atomic E-state index is 13.2. The molecule has 47 heavy (non-hydrogen) atoms. The Balaban J connectivity index is 1.37. The number of benzene rings is 3. The highest BCUT2D eigenvalue weighted by Crippen LogP contribution is 2.37. The van der Waals surface area contributed by atoms with Gasteiger partial charge in [0.05, 0.1) is 35.0 Å². The molecule has 4 rings (SSSR count). The Labute approximate surface area is 283 Å². The normalized spacial score (nSPS) is 21.8. The molecule has 8 heteroatoms. The topological polar surface area (TPSA) is 81.7 Å². The molecule has 0 bridgehead atoms. The lowest BCUT2D eigenvalue weighted by Gasteiger charge is -2.44. The van der Waals surface area contributed by atoms with Crippen molar-refractivity contribution in [3.8, 4) is 0 Å². The second kappa shape index (κ2) is 15.7. The molecule has 1 heterocycles. The van der Waals surface area contributed by atoms with Crippen LogP contribution < -0.4 is 15.7 Å². The SMILES string of the molecule is C/C(=C\C[C@@H]1O[C@H](C)[C@H](NC(=O)/C=C\[C@H](C)O[Si](c2ccccc2)(c2ccccc2)C(C)(C)C)C[C@@H]1C)CS(=O)(=O)c1ccccc1. The van der Waals surface area contributed by atoms with Crippen molar-refractivity contribution in [3.63, 3.8) is 0 Å². The molecule has 1 aliphatic heterocycles. The van der Waals surface area contributed by atoms with Gasteiger partial charge in [-0.2, -0.15) is 0 Å². The van der Waals surface area contributed by atoms with E-state index < -0.39 is 18.2 Å². The summed E-state index contributed by atoms with van der Waals surface area (Å²) >= 11 is 0. The zero-order valence-electron chi connectivity index (χ0n) is 28.8. The van der Waals surface area contributed by atoms with Crippen LogP contribution in [-0.4, -0.2) is 52.7 Å². The first-order valence-corrected chi connectivity index (χ1v) is 20.2. The molecule has 6 nitrogen and oxygen atoms in total. The molecule has 1 amide bonds. The van der Waals surface area contributed by atoms with E-state index in [-0.39, 0.29) is 47.0 Å². The molecule has 0 aromatic heterocycles. The third-order valence-electron chi connectivity index (χ3n) is 9.06. The Morgan fingerprint density at radius 3 is 2.02 bits per heavy atom. The van der Waals surface area contributed by atoms with Crippen molar-refractivity contribution < 1.29 is 22.4 Å². The Kier molecular flexibility index (Phi) is 12.2. The lowest BCUT2D eigenvalue weighted by Crippen LogP contribution is -2.67. The second-order valence-electron chi connectivity index (χ2n) is 13.9. The first kappa shape index (κ1) is 36.5. The predicted octanol–water partition coefficient (Wildman–Crippen LogP) is 6.62. The van der Waals surface area contributed by atoms with Crippen LogP contribution in [0.4, 0.5) is 0 Å². The van der Waals surface area contributed by atoms with Gasteiger partial charge < -0.3 is 14.5 Å². The Morgan fingerprint density at radius 2 is 1.49 bits per heavy atom. The molecule has 252 valence electrons. The first-order chi connectivity index (χ1) is 22.2. The summed E-state index contributed by atoms with van der Waals surface area (Å²) in [4.78, 5) is 13.5. The van der Waals surface area contributed by atoms with Crippen LogP contribution >= 0.6 is 0 Å². The van der Waals surface area contributed by atoms with Crippen LogP contribution in [0.25, 0.3) is 0 Å². The van der Waals surface area contributed by atoms with Gasteiger partial charge in [-0.3, -0.25) is 4.79 Å². The lowest BCUT2D eigenvalue weighted by molar-refractivity contribution is -0.123. The van der Waals surface area contributed by atoms with Crippen LogP contribution in [0.15, 0.2) is 120 Å². The molecule has 0 radical (unpaired) electrons. The van der Waals surface area contributed by atoms with Gasteiger partial charge in [0.25, 0.3) is 8.32 Å². The van der Waals surface area contributed by atoms with Crippen LogP contribution in [0, 0.1) is 5.92 Å². The summed E-state index contributed by atoms with van der Waals surface area (Å²) in [6.07, 6.45) is 6.29. The number of carbonyl (C=O) groups excluding carboxylic acids is 1. The molecule has 0 aliphatic carbocycles. The van der Waals surface area contributed by atoms with E-state index >= 15 is 0 Å². The van der Waals surface area contributed by atoms with Gasteiger partial charge in [-0.05, 0) is 67.1 Å². The van der Waals surface area contributed by atoms with Crippen molar-refractivity contribution in [3.05, 3.63) is 115 Å². The van der Waals surface area contributed by atoms with E-state index in [1.807, 2.05) is 51.1 Å². The smallest absolute Gasteiger partial charge is 0.261 e. The third-order valence-corrected chi connectivity index (χ3v) is 16.0. The van der Waals surface area contributed by atoms with Crippen LogP contribution in [0.1, 0.15) is 61.3 Å². The minimum absolute atomic E-state index is 0.0170. The number of rotatable bonds is 12. The molecule has 0 unspecified atom stereocenters. The van der Waals surface area contributed by atoms with Crippen LogP contribution in [-0.2, 0) is 23.8 Å². The van der Waals surface area contributed by atoms with E-state index in [1.165, 1.54) is 10.4 Å². The van der Waals surface area contributed by atoms with Crippen molar-refractivity contribution in [2.24, 2.45) is 5.92 Å². The monoisotopic (exact) mass is 673 g/mol. The van der Waals surface area contributed by atoms with Gasteiger partial charge in [-0.15, -0.1) is 0 Å². The summed E-state index contributed by atoms with van der Waals surface area (Å²) < 4.78 is 39.0. The van der Waals surface area contributed by atoms with Gasteiger partial charge in [-0.25, -0.2) is 8.42 Å².